The van der Waals surface area contributed by atoms with Crippen LogP contribution in [0.5, 0.6) is 5.75 Å². The summed E-state index contributed by atoms with van der Waals surface area (Å²) in [6, 6.07) is 11.7. The van der Waals surface area contributed by atoms with Gasteiger partial charge in [0.05, 0.1) is 5.56 Å². The van der Waals surface area contributed by atoms with Crippen LogP contribution in [0.3, 0.4) is 0 Å². The smallest absolute Gasteiger partial charge is 0.137 e. The van der Waals surface area contributed by atoms with Gasteiger partial charge < -0.3 is 4.74 Å². The normalized spacial score (nSPS) is 10.5. The van der Waals surface area contributed by atoms with Crippen molar-refractivity contribution in [3.63, 3.8) is 0 Å². The lowest BCUT2D eigenvalue weighted by Crippen LogP contribution is -1.98. The molecule has 1 aromatic heterocycles. The summed E-state index contributed by atoms with van der Waals surface area (Å²) in [6.45, 7) is 0.244. The van der Waals surface area contributed by atoms with E-state index in [1.54, 1.807) is 0 Å². The van der Waals surface area contributed by atoms with Crippen molar-refractivity contribution < 1.29 is 13.5 Å². The van der Waals surface area contributed by atoms with Gasteiger partial charge in [-0.05, 0) is 5.56 Å². The van der Waals surface area contributed by atoms with E-state index in [2.05, 4.69) is 9.97 Å². The zero-order valence-electron chi connectivity index (χ0n) is 11.5. The highest BCUT2D eigenvalue weighted by Crippen LogP contribution is 2.29. The number of hydrogen-bond acceptors (Lipinski definition) is 3. The molecule has 0 saturated heterocycles. The third kappa shape index (κ3) is 3.09. The van der Waals surface area contributed by atoms with Gasteiger partial charge in [0, 0.05) is 30.1 Å². The molecule has 0 spiro atoms. The van der Waals surface area contributed by atoms with Crippen LogP contribution >= 0.6 is 0 Å². The van der Waals surface area contributed by atoms with Gasteiger partial charge in [-0.3, -0.25) is 0 Å². The SMILES string of the molecule is Fc1cc(OCc2ccccc2)cc(F)c1-c1cncnc1. The van der Waals surface area contributed by atoms with Gasteiger partial charge in [-0.1, -0.05) is 30.3 Å². The second-order valence-electron chi connectivity index (χ2n) is 4.66. The first-order valence-corrected chi connectivity index (χ1v) is 6.65. The molecule has 5 heteroatoms. The van der Waals surface area contributed by atoms with Gasteiger partial charge in [0.2, 0.25) is 0 Å². The fourth-order valence-electron chi connectivity index (χ4n) is 2.08. The van der Waals surface area contributed by atoms with Crippen LogP contribution < -0.4 is 4.74 Å². The zero-order chi connectivity index (χ0) is 15.4. The first-order valence-electron chi connectivity index (χ1n) is 6.65. The van der Waals surface area contributed by atoms with Crippen molar-refractivity contribution in [1.82, 2.24) is 9.97 Å². The first-order chi connectivity index (χ1) is 10.7. The summed E-state index contributed by atoms with van der Waals surface area (Å²) in [7, 11) is 0. The van der Waals surface area contributed by atoms with Crippen LogP contribution in [0.25, 0.3) is 11.1 Å². The van der Waals surface area contributed by atoms with Crippen molar-refractivity contribution in [2.45, 2.75) is 6.61 Å². The second kappa shape index (κ2) is 6.30. The van der Waals surface area contributed by atoms with E-state index < -0.39 is 11.6 Å². The van der Waals surface area contributed by atoms with Gasteiger partial charge in [-0.25, -0.2) is 18.7 Å². The van der Waals surface area contributed by atoms with E-state index in [9.17, 15) is 8.78 Å². The Morgan fingerprint density at radius 2 is 1.55 bits per heavy atom. The van der Waals surface area contributed by atoms with Crippen molar-refractivity contribution in [2.75, 3.05) is 0 Å². The summed E-state index contributed by atoms with van der Waals surface area (Å²) in [5.41, 5.74) is 1.05. The Kier molecular flexibility index (Phi) is 4.05. The van der Waals surface area contributed by atoms with Gasteiger partial charge in [0.1, 0.15) is 30.3 Å². The lowest BCUT2D eigenvalue weighted by Gasteiger charge is -2.10. The zero-order valence-corrected chi connectivity index (χ0v) is 11.5. The Bertz CT molecular complexity index is 741. The molecule has 0 amide bonds. The molecule has 3 rings (SSSR count). The Balaban J connectivity index is 1.84. The lowest BCUT2D eigenvalue weighted by molar-refractivity contribution is 0.303. The first kappa shape index (κ1) is 14.1. The summed E-state index contributed by atoms with van der Waals surface area (Å²) < 4.78 is 33.7. The molecule has 3 nitrogen and oxygen atoms in total. The van der Waals surface area contributed by atoms with Crippen LogP contribution in [0.1, 0.15) is 5.56 Å². The van der Waals surface area contributed by atoms with E-state index in [1.165, 1.54) is 18.7 Å². The average Bonchev–Trinajstić information content (AvgIpc) is 2.54. The molecule has 2 aromatic carbocycles. The molecule has 1 heterocycles. The molecule has 110 valence electrons. The molecule has 0 aliphatic carbocycles. The van der Waals surface area contributed by atoms with Crippen molar-refractivity contribution in [3.8, 4) is 16.9 Å². The number of rotatable bonds is 4. The minimum atomic E-state index is -0.710. The molecule has 0 aliphatic rings. The van der Waals surface area contributed by atoms with E-state index >= 15 is 0 Å². The number of benzene rings is 2. The number of aromatic nitrogens is 2. The van der Waals surface area contributed by atoms with E-state index in [1.807, 2.05) is 30.3 Å². The molecule has 0 N–H and O–H groups in total. The molecule has 0 aliphatic heterocycles. The maximum Gasteiger partial charge on any atom is 0.137 e. The summed E-state index contributed by atoms with van der Waals surface area (Å²) in [5, 5.41) is 0. The van der Waals surface area contributed by atoms with Gasteiger partial charge in [-0.2, -0.15) is 0 Å². The van der Waals surface area contributed by atoms with Crippen LogP contribution in [0.4, 0.5) is 8.78 Å². The van der Waals surface area contributed by atoms with Crippen molar-refractivity contribution in [1.29, 1.82) is 0 Å². The highest BCUT2D eigenvalue weighted by atomic mass is 19.1. The number of hydrogen-bond donors (Lipinski definition) is 0. The molecule has 3 aromatic rings. The maximum absolute atomic E-state index is 14.1. The monoisotopic (exact) mass is 298 g/mol. The minimum absolute atomic E-state index is 0.138. The Hall–Kier alpha value is -2.82. The molecular formula is C17H12F2N2O. The standard InChI is InChI=1S/C17H12F2N2O/c18-15-6-14(22-10-12-4-2-1-3-5-12)7-16(19)17(15)13-8-20-11-21-9-13/h1-9,11H,10H2. The van der Waals surface area contributed by atoms with Crippen molar-refractivity contribution in [2.24, 2.45) is 0 Å². The predicted octanol–water partition coefficient (Wildman–Crippen LogP) is 4.00. The summed E-state index contributed by atoms with van der Waals surface area (Å²) >= 11 is 0. The van der Waals surface area contributed by atoms with Gasteiger partial charge >= 0.3 is 0 Å². The molecule has 0 unspecified atom stereocenters. The molecule has 0 atom stereocenters. The molecule has 22 heavy (non-hydrogen) atoms. The third-order valence-corrected chi connectivity index (χ3v) is 3.11. The van der Waals surface area contributed by atoms with Gasteiger partial charge in [0.25, 0.3) is 0 Å². The predicted molar refractivity (Wildman–Crippen MR) is 78.2 cm³/mol. The van der Waals surface area contributed by atoms with E-state index in [-0.39, 0.29) is 23.5 Å². The molecule has 0 radical (unpaired) electrons. The Morgan fingerprint density at radius 1 is 0.909 bits per heavy atom. The van der Waals surface area contributed by atoms with E-state index in [0.717, 1.165) is 17.7 Å². The summed E-state index contributed by atoms with van der Waals surface area (Å²) in [6.07, 6.45) is 4.02. The Labute approximate surface area is 126 Å². The molecule has 0 fully saturated rings. The molecule has 0 saturated carbocycles. The summed E-state index contributed by atoms with van der Waals surface area (Å²) in [5.74, 6) is -1.28. The van der Waals surface area contributed by atoms with E-state index in [4.69, 9.17) is 4.74 Å². The van der Waals surface area contributed by atoms with Crippen LogP contribution in [-0.4, -0.2) is 9.97 Å². The third-order valence-electron chi connectivity index (χ3n) is 3.11. The number of nitrogens with zero attached hydrogens (tertiary/aromatic N) is 2. The fraction of sp³-hybridized carbons (Fsp3) is 0.0588. The van der Waals surface area contributed by atoms with Crippen LogP contribution in [0.15, 0.2) is 61.2 Å². The van der Waals surface area contributed by atoms with Crippen molar-refractivity contribution >= 4 is 0 Å². The van der Waals surface area contributed by atoms with Gasteiger partial charge in [0.15, 0.2) is 0 Å². The van der Waals surface area contributed by atoms with E-state index in [0.29, 0.717) is 0 Å². The topological polar surface area (TPSA) is 35.0 Å². The molecule has 0 bridgehead atoms. The highest BCUT2D eigenvalue weighted by Gasteiger charge is 2.14. The largest absolute Gasteiger partial charge is 0.489 e. The quantitative estimate of drug-likeness (QED) is 0.730. The maximum atomic E-state index is 14.1. The minimum Gasteiger partial charge on any atom is -0.489 e. The van der Waals surface area contributed by atoms with Crippen LogP contribution in [0, 0.1) is 11.6 Å². The number of ether oxygens (including phenoxy) is 1. The average molecular weight is 298 g/mol. The fourth-order valence-corrected chi connectivity index (χ4v) is 2.08. The number of halogens is 2. The van der Waals surface area contributed by atoms with Crippen LogP contribution in [0.2, 0.25) is 0 Å². The summed E-state index contributed by atoms with van der Waals surface area (Å²) in [4.78, 5) is 7.53. The molecular weight excluding hydrogens is 286 g/mol. The van der Waals surface area contributed by atoms with Gasteiger partial charge in [-0.15, -0.1) is 0 Å². The highest BCUT2D eigenvalue weighted by molar-refractivity contribution is 5.64. The van der Waals surface area contributed by atoms with Crippen LogP contribution in [-0.2, 0) is 6.61 Å². The lowest BCUT2D eigenvalue weighted by atomic mass is 10.1. The van der Waals surface area contributed by atoms with Crippen molar-refractivity contribution in [3.05, 3.63) is 78.4 Å². The Morgan fingerprint density at radius 3 is 2.18 bits per heavy atom. The second-order valence-corrected chi connectivity index (χ2v) is 4.66.